The van der Waals surface area contributed by atoms with Gasteiger partial charge in [0.05, 0.1) is 5.88 Å². The highest BCUT2D eigenvalue weighted by molar-refractivity contribution is 6.17. The number of hydrogen-bond donors (Lipinski definition) is 0. The van der Waals surface area contributed by atoms with Gasteiger partial charge in [-0.25, -0.2) is 4.39 Å². The van der Waals surface area contributed by atoms with Gasteiger partial charge in [0.25, 0.3) is 0 Å². The average molecular weight is 244 g/mol. The van der Waals surface area contributed by atoms with Crippen LogP contribution in [-0.2, 0) is 5.88 Å². The summed E-state index contributed by atoms with van der Waals surface area (Å²) < 4.78 is 13.6. The maximum atomic E-state index is 13.6. The minimum absolute atomic E-state index is 0.214. The van der Waals surface area contributed by atoms with Crippen molar-refractivity contribution in [2.24, 2.45) is 0 Å². The molecule has 0 N–H and O–H groups in total. The summed E-state index contributed by atoms with van der Waals surface area (Å²) in [5, 5.41) is 0. The van der Waals surface area contributed by atoms with E-state index in [2.05, 4.69) is 25.7 Å². The van der Waals surface area contributed by atoms with E-state index in [1.807, 2.05) is 6.07 Å². The standard InChI is InChI=1S/C13H19ClFN/c1-4-8-16(10(2)3)13-7-5-6-12(15)11(13)9-14/h5-7,10H,4,8-9H2,1-3H3. The van der Waals surface area contributed by atoms with E-state index in [0.29, 0.717) is 11.6 Å². The Morgan fingerprint density at radius 2 is 2.06 bits per heavy atom. The number of halogens is 2. The van der Waals surface area contributed by atoms with E-state index in [1.54, 1.807) is 6.07 Å². The molecule has 0 spiro atoms. The van der Waals surface area contributed by atoms with Crippen LogP contribution in [-0.4, -0.2) is 12.6 Å². The van der Waals surface area contributed by atoms with Gasteiger partial charge < -0.3 is 4.90 Å². The fraction of sp³-hybridized carbons (Fsp3) is 0.538. The van der Waals surface area contributed by atoms with E-state index >= 15 is 0 Å². The van der Waals surface area contributed by atoms with Crippen LogP contribution in [0.25, 0.3) is 0 Å². The predicted octanol–water partition coefficient (Wildman–Crippen LogP) is 4.19. The van der Waals surface area contributed by atoms with E-state index in [9.17, 15) is 4.39 Å². The van der Waals surface area contributed by atoms with Crippen molar-refractivity contribution >= 4 is 17.3 Å². The van der Waals surface area contributed by atoms with Gasteiger partial charge >= 0.3 is 0 Å². The lowest BCUT2D eigenvalue weighted by molar-refractivity contribution is 0.609. The van der Waals surface area contributed by atoms with Crippen LogP contribution in [0.15, 0.2) is 18.2 Å². The maximum Gasteiger partial charge on any atom is 0.129 e. The van der Waals surface area contributed by atoms with Crippen LogP contribution < -0.4 is 4.90 Å². The molecule has 0 radical (unpaired) electrons. The van der Waals surface area contributed by atoms with E-state index in [1.165, 1.54) is 6.07 Å². The molecule has 0 unspecified atom stereocenters. The summed E-state index contributed by atoms with van der Waals surface area (Å²) in [5.41, 5.74) is 1.53. The number of rotatable bonds is 5. The zero-order valence-electron chi connectivity index (χ0n) is 10.1. The number of nitrogens with zero attached hydrogens (tertiary/aromatic N) is 1. The number of hydrogen-bond acceptors (Lipinski definition) is 1. The lowest BCUT2D eigenvalue weighted by Crippen LogP contribution is -2.32. The average Bonchev–Trinajstić information content (AvgIpc) is 2.25. The Kier molecular flexibility index (Phi) is 5.07. The number of alkyl halides is 1. The third kappa shape index (κ3) is 2.88. The summed E-state index contributed by atoms with van der Waals surface area (Å²) in [6.07, 6.45) is 1.04. The molecule has 0 saturated carbocycles. The lowest BCUT2D eigenvalue weighted by atomic mass is 10.1. The molecule has 1 aromatic rings. The van der Waals surface area contributed by atoms with Gasteiger partial charge in [0.2, 0.25) is 0 Å². The van der Waals surface area contributed by atoms with Crippen LogP contribution in [0.2, 0.25) is 0 Å². The normalized spacial score (nSPS) is 10.9. The molecule has 0 aliphatic heterocycles. The van der Waals surface area contributed by atoms with Crippen molar-refractivity contribution in [2.75, 3.05) is 11.4 Å². The van der Waals surface area contributed by atoms with Gasteiger partial charge in [0.15, 0.2) is 0 Å². The van der Waals surface area contributed by atoms with Crippen LogP contribution in [0.3, 0.4) is 0 Å². The maximum absolute atomic E-state index is 13.6. The van der Waals surface area contributed by atoms with Gasteiger partial charge in [-0.1, -0.05) is 13.0 Å². The third-order valence-electron chi connectivity index (χ3n) is 2.63. The van der Waals surface area contributed by atoms with Gasteiger partial charge in [-0.15, -0.1) is 11.6 Å². The molecule has 0 atom stereocenters. The first-order chi connectivity index (χ1) is 7.61. The quantitative estimate of drug-likeness (QED) is 0.701. The molecular weight excluding hydrogens is 225 g/mol. The molecule has 0 saturated heterocycles. The Morgan fingerprint density at radius 3 is 2.56 bits per heavy atom. The molecule has 0 amide bonds. The van der Waals surface area contributed by atoms with Gasteiger partial charge in [0, 0.05) is 23.8 Å². The first-order valence-electron chi connectivity index (χ1n) is 5.71. The van der Waals surface area contributed by atoms with Gasteiger partial charge in [0.1, 0.15) is 5.82 Å². The number of benzene rings is 1. The molecule has 0 aromatic heterocycles. The van der Waals surface area contributed by atoms with Gasteiger partial charge in [-0.3, -0.25) is 0 Å². The summed E-state index contributed by atoms with van der Waals surface area (Å²) in [6.45, 7) is 7.26. The van der Waals surface area contributed by atoms with Crippen molar-refractivity contribution in [3.63, 3.8) is 0 Å². The molecule has 1 aromatic carbocycles. The third-order valence-corrected chi connectivity index (χ3v) is 2.89. The van der Waals surface area contributed by atoms with Crippen LogP contribution in [0.1, 0.15) is 32.8 Å². The Balaban J connectivity index is 3.12. The number of anilines is 1. The highest BCUT2D eigenvalue weighted by Crippen LogP contribution is 2.26. The molecule has 90 valence electrons. The van der Waals surface area contributed by atoms with Gasteiger partial charge in [-0.2, -0.15) is 0 Å². The Hall–Kier alpha value is -0.760. The molecular formula is C13H19ClFN. The fourth-order valence-electron chi connectivity index (χ4n) is 1.85. The zero-order valence-corrected chi connectivity index (χ0v) is 10.9. The molecule has 0 bridgehead atoms. The smallest absolute Gasteiger partial charge is 0.129 e. The van der Waals surface area contributed by atoms with E-state index in [0.717, 1.165) is 18.7 Å². The molecule has 1 rings (SSSR count). The molecule has 0 aliphatic rings. The summed E-state index contributed by atoms with van der Waals surface area (Å²) >= 11 is 5.82. The molecule has 0 fully saturated rings. The zero-order chi connectivity index (χ0) is 12.1. The molecule has 0 aliphatic carbocycles. The van der Waals surface area contributed by atoms with Crippen molar-refractivity contribution in [3.8, 4) is 0 Å². The van der Waals surface area contributed by atoms with E-state index < -0.39 is 0 Å². The monoisotopic (exact) mass is 243 g/mol. The van der Waals surface area contributed by atoms with Crippen molar-refractivity contribution in [2.45, 2.75) is 39.1 Å². The molecule has 3 heteroatoms. The second-order valence-electron chi connectivity index (χ2n) is 4.16. The highest BCUT2D eigenvalue weighted by Gasteiger charge is 2.15. The van der Waals surface area contributed by atoms with Gasteiger partial charge in [-0.05, 0) is 32.4 Å². The predicted molar refractivity (Wildman–Crippen MR) is 68.7 cm³/mol. The minimum Gasteiger partial charge on any atom is -0.369 e. The topological polar surface area (TPSA) is 3.24 Å². The Bertz CT molecular complexity index is 339. The van der Waals surface area contributed by atoms with Crippen molar-refractivity contribution < 1.29 is 4.39 Å². The SMILES string of the molecule is CCCN(c1cccc(F)c1CCl)C(C)C. The van der Waals surface area contributed by atoms with Crippen molar-refractivity contribution in [1.82, 2.24) is 0 Å². The van der Waals surface area contributed by atoms with Crippen LogP contribution in [0, 0.1) is 5.82 Å². The van der Waals surface area contributed by atoms with Crippen LogP contribution in [0.5, 0.6) is 0 Å². The summed E-state index contributed by atoms with van der Waals surface area (Å²) in [5.74, 6) is 0.00355. The molecule has 16 heavy (non-hydrogen) atoms. The van der Waals surface area contributed by atoms with E-state index in [-0.39, 0.29) is 11.7 Å². The Labute approximate surface area is 102 Å². The molecule has 0 heterocycles. The van der Waals surface area contributed by atoms with Crippen molar-refractivity contribution in [1.29, 1.82) is 0 Å². The fourth-order valence-corrected chi connectivity index (χ4v) is 2.11. The molecule has 1 nitrogen and oxygen atoms in total. The summed E-state index contributed by atoms with van der Waals surface area (Å²) in [6, 6.07) is 5.50. The second-order valence-corrected chi connectivity index (χ2v) is 4.43. The first kappa shape index (κ1) is 13.3. The van der Waals surface area contributed by atoms with Crippen LogP contribution >= 0.6 is 11.6 Å². The second kappa shape index (κ2) is 6.09. The summed E-state index contributed by atoms with van der Waals surface area (Å²) in [7, 11) is 0. The first-order valence-corrected chi connectivity index (χ1v) is 6.25. The van der Waals surface area contributed by atoms with Crippen molar-refractivity contribution in [3.05, 3.63) is 29.6 Å². The minimum atomic E-state index is -0.214. The largest absolute Gasteiger partial charge is 0.369 e. The van der Waals surface area contributed by atoms with E-state index in [4.69, 9.17) is 11.6 Å². The Morgan fingerprint density at radius 1 is 1.38 bits per heavy atom. The van der Waals surface area contributed by atoms with Crippen LogP contribution in [0.4, 0.5) is 10.1 Å². The highest BCUT2D eigenvalue weighted by atomic mass is 35.5. The lowest BCUT2D eigenvalue weighted by Gasteiger charge is -2.30. The summed E-state index contributed by atoms with van der Waals surface area (Å²) in [4.78, 5) is 2.20.